The van der Waals surface area contributed by atoms with E-state index in [0.29, 0.717) is 17.5 Å². The van der Waals surface area contributed by atoms with Crippen molar-refractivity contribution in [1.29, 1.82) is 0 Å². The van der Waals surface area contributed by atoms with Crippen LogP contribution in [-0.4, -0.2) is 19.5 Å². The molecule has 0 unspecified atom stereocenters. The van der Waals surface area contributed by atoms with Gasteiger partial charge in [0.05, 0.1) is 11.0 Å². The molecule has 0 radical (unpaired) electrons. The van der Waals surface area contributed by atoms with Crippen molar-refractivity contribution in [3.8, 4) is 39.9 Å². The van der Waals surface area contributed by atoms with Crippen LogP contribution in [0.4, 0.5) is 17.1 Å². The van der Waals surface area contributed by atoms with Gasteiger partial charge in [0.15, 0.2) is 17.5 Å². The fraction of sp³-hybridized carbons (Fsp3) is 0.0128. The fourth-order valence-electron chi connectivity index (χ4n) is 12.7. The highest BCUT2D eigenvalue weighted by molar-refractivity contribution is 6.20. The molecule has 0 N–H and O–H groups in total. The van der Waals surface area contributed by atoms with Crippen molar-refractivity contribution >= 4 is 92.7 Å². The maximum Gasteiger partial charge on any atom is 0.164 e. The Balaban J connectivity index is 0.979. The molecule has 0 saturated carbocycles. The van der Waals surface area contributed by atoms with Crippen molar-refractivity contribution in [2.45, 2.75) is 5.92 Å². The molecule has 0 bridgehead atoms. The van der Waals surface area contributed by atoms with E-state index < -0.39 is 0 Å². The van der Waals surface area contributed by atoms with Crippen molar-refractivity contribution in [3.05, 3.63) is 320 Å². The summed E-state index contributed by atoms with van der Waals surface area (Å²) in [6.07, 6.45) is 0. The van der Waals surface area contributed by atoms with E-state index in [9.17, 15) is 0 Å². The van der Waals surface area contributed by atoms with Gasteiger partial charge in [-0.25, -0.2) is 15.0 Å². The third-order valence-corrected chi connectivity index (χ3v) is 16.6. The number of nitrogens with zero attached hydrogens (tertiary/aromatic N) is 5. The van der Waals surface area contributed by atoms with Crippen LogP contribution >= 0.6 is 0 Å². The molecule has 0 aliphatic carbocycles. The zero-order valence-corrected chi connectivity index (χ0v) is 45.2. The summed E-state index contributed by atoms with van der Waals surface area (Å²) in [7, 11) is 0. The Morgan fingerprint density at radius 2 is 0.699 bits per heavy atom. The van der Waals surface area contributed by atoms with Crippen LogP contribution in [0.5, 0.6) is 0 Å². The van der Waals surface area contributed by atoms with E-state index in [2.05, 4.69) is 276 Å². The highest BCUT2D eigenvalue weighted by Crippen LogP contribution is 2.47. The maximum atomic E-state index is 5.21. The van der Waals surface area contributed by atoms with Crippen LogP contribution < -0.4 is 4.90 Å². The highest BCUT2D eigenvalue weighted by atomic mass is 15.1. The molecule has 16 rings (SSSR count). The van der Waals surface area contributed by atoms with Gasteiger partial charge in [0, 0.05) is 61.5 Å². The van der Waals surface area contributed by atoms with Gasteiger partial charge in [-0.15, -0.1) is 0 Å². The molecule has 14 aromatic carbocycles. The lowest BCUT2D eigenvalue weighted by atomic mass is 9.81. The minimum absolute atomic E-state index is 0.114. The summed E-state index contributed by atoms with van der Waals surface area (Å²) in [6.45, 7) is 0. The van der Waals surface area contributed by atoms with Gasteiger partial charge < -0.3 is 9.47 Å². The van der Waals surface area contributed by atoms with E-state index in [4.69, 9.17) is 15.0 Å². The van der Waals surface area contributed by atoms with Crippen LogP contribution in [-0.2, 0) is 0 Å². The van der Waals surface area contributed by atoms with Crippen LogP contribution in [0.3, 0.4) is 0 Å². The Kier molecular flexibility index (Phi) is 11.5. The number of anilines is 3. The second kappa shape index (κ2) is 20.0. The third kappa shape index (κ3) is 8.53. The molecular weight excluding hydrogens is 1010 g/mol. The van der Waals surface area contributed by atoms with Crippen LogP contribution in [0.1, 0.15) is 22.6 Å². The first kappa shape index (κ1) is 47.9. The van der Waals surface area contributed by atoms with Crippen LogP contribution in [0.15, 0.2) is 303 Å². The largest absolute Gasteiger partial charge is 0.310 e. The van der Waals surface area contributed by atoms with Crippen molar-refractivity contribution in [2.24, 2.45) is 0 Å². The standard InChI is InChI=1S/C78H51N5/c1-3-22-55(23-4-1)76-79-77(56-24-5-2-6-25-56)81-78(80-76)63-30-17-31-64(48-63)83-73-43-42-67(82(65-40-38-53-20-9-13-28-59(53)46-65)66-41-39-54-21-10-14-29-60(54)47-66)49-70(73)72-50-71(68-32-15-16-33-69(68)75(72)83)74(61-36-34-51-18-7-11-26-57(51)44-61)62-37-35-52-19-8-12-27-58(52)45-62/h1-50,74H. The molecule has 83 heavy (non-hydrogen) atoms. The Labute approximate surface area is 480 Å². The van der Waals surface area contributed by atoms with Crippen molar-refractivity contribution in [1.82, 2.24) is 19.5 Å². The zero-order chi connectivity index (χ0) is 54.8. The normalized spacial score (nSPS) is 11.7. The lowest BCUT2D eigenvalue weighted by Crippen LogP contribution is -2.10. The summed E-state index contributed by atoms with van der Waals surface area (Å²) in [6, 6.07) is 110. The smallest absolute Gasteiger partial charge is 0.164 e. The summed E-state index contributed by atoms with van der Waals surface area (Å²) in [4.78, 5) is 17.9. The molecular formula is C78H51N5. The topological polar surface area (TPSA) is 46.8 Å². The minimum Gasteiger partial charge on any atom is -0.310 e. The van der Waals surface area contributed by atoms with Crippen LogP contribution in [0.2, 0.25) is 0 Å². The summed E-state index contributed by atoms with van der Waals surface area (Å²) in [5, 5.41) is 14.3. The van der Waals surface area contributed by atoms with Crippen LogP contribution in [0, 0.1) is 0 Å². The summed E-state index contributed by atoms with van der Waals surface area (Å²) in [5.74, 6) is 1.73. The third-order valence-electron chi connectivity index (χ3n) is 16.6. The molecule has 0 amide bonds. The number of rotatable bonds is 10. The van der Waals surface area contributed by atoms with Gasteiger partial charge in [-0.3, -0.25) is 0 Å². The lowest BCUT2D eigenvalue weighted by molar-refractivity contribution is 0.997. The summed E-state index contributed by atoms with van der Waals surface area (Å²) in [5.41, 5.74) is 12.9. The molecule has 0 aliphatic heterocycles. The van der Waals surface area contributed by atoms with E-state index in [1.54, 1.807) is 0 Å². The predicted molar refractivity (Wildman–Crippen MR) is 347 cm³/mol. The van der Waals surface area contributed by atoms with Gasteiger partial charge in [-0.05, 0) is 126 Å². The minimum atomic E-state index is -0.114. The molecule has 2 aromatic heterocycles. The van der Waals surface area contributed by atoms with Gasteiger partial charge in [0.25, 0.3) is 0 Å². The van der Waals surface area contributed by atoms with Crippen LogP contribution in [0.25, 0.3) is 116 Å². The SMILES string of the molecule is c1ccc(-c2nc(-c3ccccc3)nc(-c3cccc(-n4c5ccc(N(c6ccc7ccccc7c6)c6ccc7ccccc7c6)cc5c5cc(C(c6ccc7ccccc7c6)c6ccc7ccccc7c6)c6ccccc6c54)c3)n2)cc1. The summed E-state index contributed by atoms with van der Waals surface area (Å²) >= 11 is 0. The molecule has 388 valence electrons. The second-order valence-corrected chi connectivity index (χ2v) is 21.6. The quantitative estimate of drug-likeness (QED) is 0.128. The first-order chi connectivity index (χ1) is 41.1. The van der Waals surface area contributed by atoms with Gasteiger partial charge in [-0.2, -0.15) is 0 Å². The zero-order valence-electron chi connectivity index (χ0n) is 45.2. The second-order valence-electron chi connectivity index (χ2n) is 21.6. The van der Waals surface area contributed by atoms with Gasteiger partial charge >= 0.3 is 0 Å². The monoisotopic (exact) mass is 1060 g/mol. The molecule has 2 heterocycles. The van der Waals surface area contributed by atoms with Gasteiger partial charge in [0.2, 0.25) is 0 Å². The number of fused-ring (bicyclic) bond motifs is 9. The van der Waals surface area contributed by atoms with Gasteiger partial charge in [-0.1, -0.05) is 243 Å². The Bertz CT molecular complexity index is 4970. The first-order valence-electron chi connectivity index (χ1n) is 28.3. The number of aromatic nitrogens is 4. The number of benzene rings is 14. The van der Waals surface area contributed by atoms with E-state index in [1.807, 2.05) is 36.4 Å². The predicted octanol–water partition coefficient (Wildman–Crippen LogP) is 20.4. The van der Waals surface area contributed by atoms with E-state index >= 15 is 0 Å². The van der Waals surface area contributed by atoms with Crippen molar-refractivity contribution in [3.63, 3.8) is 0 Å². The number of hydrogen-bond donors (Lipinski definition) is 0. The molecule has 0 fully saturated rings. The molecule has 5 heteroatoms. The Morgan fingerprint density at radius 3 is 1.24 bits per heavy atom. The Morgan fingerprint density at radius 1 is 0.277 bits per heavy atom. The Hall–Kier alpha value is -11.0. The lowest BCUT2D eigenvalue weighted by Gasteiger charge is -2.26. The first-order valence-corrected chi connectivity index (χ1v) is 28.3. The fourth-order valence-corrected chi connectivity index (χ4v) is 12.7. The van der Waals surface area contributed by atoms with E-state index in [-0.39, 0.29) is 5.92 Å². The molecule has 0 saturated heterocycles. The number of hydrogen-bond acceptors (Lipinski definition) is 4. The molecule has 16 aromatic rings. The van der Waals surface area contributed by atoms with Crippen molar-refractivity contribution < 1.29 is 0 Å². The molecule has 0 atom stereocenters. The molecule has 0 spiro atoms. The summed E-state index contributed by atoms with van der Waals surface area (Å²) < 4.78 is 2.47. The highest BCUT2D eigenvalue weighted by Gasteiger charge is 2.26. The average molecular weight is 1060 g/mol. The molecule has 0 aliphatic rings. The van der Waals surface area contributed by atoms with E-state index in [0.717, 1.165) is 66.6 Å². The maximum absolute atomic E-state index is 5.21. The van der Waals surface area contributed by atoms with Crippen molar-refractivity contribution in [2.75, 3.05) is 4.90 Å². The van der Waals surface area contributed by atoms with E-state index in [1.165, 1.54) is 65.2 Å². The van der Waals surface area contributed by atoms with Gasteiger partial charge in [0.1, 0.15) is 0 Å². The average Bonchev–Trinajstić information content (AvgIpc) is 2.70. The molecule has 5 nitrogen and oxygen atoms in total.